The molecule has 9 heteroatoms. The molecule has 2 aliphatic rings. The molecule has 0 bridgehead atoms. The lowest BCUT2D eigenvalue weighted by Gasteiger charge is -2.31. The van der Waals surface area contributed by atoms with Crippen molar-refractivity contribution in [3.63, 3.8) is 0 Å². The molecule has 1 fully saturated rings. The fraction of sp³-hybridized carbons (Fsp3) is 0.727. The summed E-state index contributed by atoms with van der Waals surface area (Å²) in [6.07, 6.45) is -1.34. The predicted molar refractivity (Wildman–Crippen MR) is 110 cm³/mol. The number of carbonyl (C=O) groups is 2. The molecule has 8 atom stereocenters. The minimum absolute atomic E-state index is 0.0167. The van der Waals surface area contributed by atoms with E-state index in [0.29, 0.717) is 13.0 Å². The zero-order valence-corrected chi connectivity index (χ0v) is 18.1. The van der Waals surface area contributed by atoms with Crippen molar-refractivity contribution in [3.8, 4) is 0 Å². The van der Waals surface area contributed by atoms with Gasteiger partial charge in [0, 0.05) is 20.0 Å². The van der Waals surface area contributed by atoms with Crippen LogP contribution in [0.15, 0.2) is 24.8 Å². The molecule has 1 saturated heterocycles. The number of esters is 1. The molecule has 0 aromatic rings. The maximum absolute atomic E-state index is 12.3. The number of rotatable bonds is 12. The molecule has 0 saturated carbocycles. The number of aliphatic hydroxyl groups excluding tert-OH is 3. The van der Waals surface area contributed by atoms with E-state index >= 15 is 0 Å². The van der Waals surface area contributed by atoms with Gasteiger partial charge in [0.25, 0.3) is 0 Å². The van der Waals surface area contributed by atoms with E-state index in [1.165, 1.54) is 13.0 Å². The lowest BCUT2D eigenvalue weighted by Crippen LogP contribution is -2.51. The Balaban J connectivity index is 2.09. The Hall–Kier alpha value is -1.62. The molecule has 3 N–H and O–H groups in total. The van der Waals surface area contributed by atoms with Gasteiger partial charge in [-0.2, -0.15) is 0 Å². The number of hydrogen-bond donors (Lipinski definition) is 3. The fourth-order valence-electron chi connectivity index (χ4n) is 3.68. The minimum Gasteiger partial charge on any atom is -0.463 e. The van der Waals surface area contributed by atoms with Gasteiger partial charge >= 0.3 is 5.97 Å². The summed E-state index contributed by atoms with van der Waals surface area (Å²) in [6, 6.07) is 0. The van der Waals surface area contributed by atoms with E-state index in [2.05, 4.69) is 6.58 Å². The Morgan fingerprint density at radius 1 is 1.35 bits per heavy atom. The first-order valence-electron chi connectivity index (χ1n) is 10.7. The molecular weight excluding hydrogens is 408 g/mol. The lowest BCUT2D eigenvalue weighted by molar-refractivity contribution is -0.159. The SMILES string of the molecule is C=CC[C@@H]1C=CC(=O)[C@@H]([C@@H](O)[C@@H]2O[C@H](C[C@@H](O)COC(C)=O)[C@H](OCCCC)[C@@H]2O)O1. The molecule has 2 heterocycles. The van der Waals surface area contributed by atoms with E-state index in [1.807, 2.05) is 6.92 Å². The smallest absolute Gasteiger partial charge is 0.302 e. The van der Waals surface area contributed by atoms with Crippen LogP contribution in [0.5, 0.6) is 0 Å². The first-order valence-corrected chi connectivity index (χ1v) is 10.7. The largest absolute Gasteiger partial charge is 0.463 e. The summed E-state index contributed by atoms with van der Waals surface area (Å²) >= 11 is 0. The topological polar surface area (TPSA) is 132 Å². The van der Waals surface area contributed by atoms with Crippen molar-refractivity contribution in [2.75, 3.05) is 13.2 Å². The lowest BCUT2D eigenvalue weighted by atomic mass is 9.95. The maximum Gasteiger partial charge on any atom is 0.302 e. The van der Waals surface area contributed by atoms with Gasteiger partial charge in [0.2, 0.25) is 0 Å². The summed E-state index contributed by atoms with van der Waals surface area (Å²) in [7, 11) is 0. The van der Waals surface area contributed by atoms with E-state index in [1.54, 1.807) is 12.2 Å². The number of ether oxygens (including phenoxy) is 4. The van der Waals surface area contributed by atoms with Gasteiger partial charge in [-0.3, -0.25) is 9.59 Å². The summed E-state index contributed by atoms with van der Waals surface area (Å²) in [5.41, 5.74) is 0. The standard InChI is InChI=1S/C22H34O9/c1-4-6-10-28-21-17(11-14(24)12-29-13(3)23)31-22(19(21)27)18(26)20-16(25)9-8-15(30-20)7-5-2/h5,8-9,14-15,17-22,24,26-27H,2,4,6-7,10-12H2,1,3H3/t14-,15-,17-,18-,19+,20+,21+,22+/m1/s1. The molecule has 176 valence electrons. The number of carbonyl (C=O) groups excluding carboxylic acids is 2. The monoisotopic (exact) mass is 442 g/mol. The summed E-state index contributed by atoms with van der Waals surface area (Å²) in [4.78, 5) is 23.3. The van der Waals surface area contributed by atoms with Crippen LogP contribution in [0, 0.1) is 0 Å². The summed E-state index contributed by atoms with van der Waals surface area (Å²) in [6.45, 7) is 7.02. The summed E-state index contributed by atoms with van der Waals surface area (Å²) in [5, 5.41) is 31.9. The van der Waals surface area contributed by atoms with Crippen LogP contribution in [0.2, 0.25) is 0 Å². The molecular formula is C22H34O9. The molecule has 0 aromatic carbocycles. The van der Waals surface area contributed by atoms with E-state index in [0.717, 1.165) is 12.8 Å². The van der Waals surface area contributed by atoms with Gasteiger partial charge in [-0.1, -0.05) is 25.5 Å². The fourth-order valence-corrected chi connectivity index (χ4v) is 3.68. The van der Waals surface area contributed by atoms with Crippen LogP contribution in [-0.2, 0) is 28.5 Å². The van der Waals surface area contributed by atoms with Crippen molar-refractivity contribution in [3.05, 3.63) is 24.8 Å². The van der Waals surface area contributed by atoms with Crippen molar-refractivity contribution in [2.24, 2.45) is 0 Å². The van der Waals surface area contributed by atoms with Crippen LogP contribution in [0.25, 0.3) is 0 Å². The molecule has 2 rings (SSSR count). The maximum atomic E-state index is 12.3. The Morgan fingerprint density at radius 3 is 2.74 bits per heavy atom. The van der Waals surface area contributed by atoms with Crippen LogP contribution < -0.4 is 0 Å². The van der Waals surface area contributed by atoms with Gasteiger partial charge in [-0.15, -0.1) is 6.58 Å². The molecule has 31 heavy (non-hydrogen) atoms. The number of hydrogen-bond acceptors (Lipinski definition) is 9. The Bertz CT molecular complexity index is 634. The number of ketones is 1. The van der Waals surface area contributed by atoms with Crippen LogP contribution in [0.1, 0.15) is 39.5 Å². The van der Waals surface area contributed by atoms with Gasteiger partial charge in [-0.25, -0.2) is 0 Å². The third-order valence-corrected chi connectivity index (χ3v) is 5.29. The third-order valence-electron chi connectivity index (χ3n) is 5.29. The Morgan fingerprint density at radius 2 is 2.10 bits per heavy atom. The second-order valence-electron chi connectivity index (χ2n) is 7.88. The average molecular weight is 443 g/mol. The first-order chi connectivity index (χ1) is 14.8. The molecule has 9 nitrogen and oxygen atoms in total. The van der Waals surface area contributed by atoms with Crippen molar-refractivity contribution in [2.45, 2.75) is 88.4 Å². The highest BCUT2D eigenvalue weighted by Crippen LogP contribution is 2.32. The van der Waals surface area contributed by atoms with Gasteiger partial charge in [-0.05, 0) is 18.9 Å². The zero-order chi connectivity index (χ0) is 23.0. The molecule has 0 unspecified atom stereocenters. The van der Waals surface area contributed by atoms with E-state index in [9.17, 15) is 24.9 Å². The average Bonchev–Trinajstić information content (AvgIpc) is 3.03. The first kappa shape index (κ1) is 25.6. The minimum atomic E-state index is -1.44. The second kappa shape index (κ2) is 12.4. The predicted octanol–water partition coefficient (Wildman–Crippen LogP) is 0.444. The third kappa shape index (κ3) is 7.20. The number of aliphatic hydroxyl groups is 3. The highest BCUT2D eigenvalue weighted by atomic mass is 16.6. The van der Waals surface area contributed by atoms with Crippen LogP contribution in [0.3, 0.4) is 0 Å². The van der Waals surface area contributed by atoms with Crippen LogP contribution in [-0.4, -0.2) is 89.1 Å². The van der Waals surface area contributed by atoms with E-state index < -0.39 is 60.6 Å². The highest BCUT2D eigenvalue weighted by molar-refractivity contribution is 5.94. The van der Waals surface area contributed by atoms with Crippen molar-refractivity contribution in [1.29, 1.82) is 0 Å². The number of unbranched alkanes of at least 4 members (excludes halogenated alkanes) is 1. The van der Waals surface area contributed by atoms with Gasteiger partial charge in [0.15, 0.2) is 5.78 Å². The second-order valence-corrected chi connectivity index (χ2v) is 7.88. The molecule has 0 aliphatic carbocycles. The van der Waals surface area contributed by atoms with Crippen LogP contribution in [0.4, 0.5) is 0 Å². The normalized spacial score (nSPS) is 32.6. The van der Waals surface area contributed by atoms with Crippen molar-refractivity contribution < 1.29 is 43.9 Å². The molecule has 0 spiro atoms. The molecule has 2 aliphatic heterocycles. The zero-order valence-electron chi connectivity index (χ0n) is 18.1. The Kier molecular flexibility index (Phi) is 10.3. The van der Waals surface area contributed by atoms with E-state index in [-0.39, 0.29) is 13.0 Å². The molecule has 0 amide bonds. The quantitative estimate of drug-likeness (QED) is 0.224. The van der Waals surface area contributed by atoms with Gasteiger partial charge < -0.3 is 34.3 Å². The van der Waals surface area contributed by atoms with Crippen molar-refractivity contribution >= 4 is 11.8 Å². The van der Waals surface area contributed by atoms with Gasteiger partial charge in [0.05, 0.1) is 18.3 Å². The van der Waals surface area contributed by atoms with E-state index in [4.69, 9.17) is 18.9 Å². The summed E-state index contributed by atoms with van der Waals surface area (Å²) < 4.78 is 22.1. The Labute approximate surface area is 182 Å². The molecule has 0 radical (unpaired) electrons. The van der Waals surface area contributed by atoms with Crippen LogP contribution >= 0.6 is 0 Å². The van der Waals surface area contributed by atoms with Gasteiger partial charge in [0.1, 0.15) is 37.1 Å². The molecule has 0 aromatic heterocycles. The van der Waals surface area contributed by atoms with Crippen molar-refractivity contribution in [1.82, 2.24) is 0 Å². The highest BCUT2D eigenvalue weighted by Gasteiger charge is 2.51. The summed E-state index contributed by atoms with van der Waals surface area (Å²) in [5.74, 6) is -0.948.